The topological polar surface area (TPSA) is 55.2 Å². The minimum atomic E-state index is 0.137. The Labute approximate surface area is 158 Å². The maximum Gasteiger partial charge on any atom is 0.230 e. The lowest BCUT2D eigenvalue weighted by atomic mass is 10.1. The molecule has 0 unspecified atom stereocenters. The summed E-state index contributed by atoms with van der Waals surface area (Å²) in [5.74, 6) is 1.73. The van der Waals surface area contributed by atoms with Crippen molar-refractivity contribution in [1.82, 2.24) is 9.97 Å². The summed E-state index contributed by atoms with van der Waals surface area (Å²) in [7, 11) is 0. The number of ether oxygens (including phenoxy) is 1. The number of halogens is 1. The second kappa shape index (κ2) is 6.68. The minimum absolute atomic E-state index is 0.137. The van der Waals surface area contributed by atoms with E-state index in [9.17, 15) is 5.11 Å². The van der Waals surface area contributed by atoms with Crippen LogP contribution in [0.5, 0.6) is 17.4 Å². The number of para-hydroxylation sites is 2. The quantitative estimate of drug-likeness (QED) is 0.434. The molecule has 1 aromatic heterocycles. The van der Waals surface area contributed by atoms with Crippen LogP contribution < -0.4 is 4.74 Å². The third kappa shape index (κ3) is 3.28. The number of aromatic nitrogens is 2. The molecule has 0 amide bonds. The molecule has 0 aliphatic carbocycles. The van der Waals surface area contributed by atoms with Crippen molar-refractivity contribution in [3.05, 3.63) is 76.4 Å². The number of fused-ring (bicyclic) bond motifs is 1. The van der Waals surface area contributed by atoms with Gasteiger partial charge < -0.3 is 9.84 Å². The summed E-state index contributed by atoms with van der Waals surface area (Å²) in [6.07, 6.45) is 0. The van der Waals surface area contributed by atoms with Gasteiger partial charge in [0.2, 0.25) is 5.88 Å². The van der Waals surface area contributed by atoms with Crippen LogP contribution in [-0.4, -0.2) is 15.1 Å². The Kier molecular flexibility index (Phi) is 4.23. The highest BCUT2D eigenvalue weighted by Crippen LogP contribution is 2.32. The van der Waals surface area contributed by atoms with E-state index in [0.29, 0.717) is 23.0 Å². The van der Waals surface area contributed by atoms with E-state index in [1.807, 2.05) is 54.6 Å². The van der Waals surface area contributed by atoms with E-state index in [1.165, 1.54) is 0 Å². The molecule has 0 radical (unpaired) electrons. The van der Waals surface area contributed by atoms with Gasteiger partial charge in [0.05, 0.1) is 16.5 Å². The highest BCUT2D eigenvalue weighted by atomic mass is 127. The molecule has 4 nitrogen and oxygen atoms in total. The van der Waals surface area contributed by atoms with Gasteiger partial charge in [0.25, 0.3) is 0 Å². The van der Waals surface area contributed by atoms with Gasteiger partial charge in [-0.1, -0.05) is 24.3 Å². The molecule has 4 aromatic rings. The molecule has 0 fully saturated rings. The van der Waals surface area contributed by atoms with Crippen LogP contribution in [0.4, 0.5) is 0 Å². The van der Waals surface area contributed by atoms with Gasteiger partial charge in [0.1, 0.15) is 11.5 Å². The van der Waals surface area contributed by atoms with Crippen LogP contribution in [-0.2, 0) is 0 Å². The number of rotatable bonds is 3. The Balaban J connectivity index is 1.87. The van der Waals surface area contributed by atoms with Crippen LogP contribution in [0, 0.1) is 3.57 Å². The van der Waals surface area contributed by atoms with Crippen molar-refractivity contribution in [2.75, 3.05) is 0 Å². The molecule has 1 N–H and O–H groups in total. The molecule has 25 heavy (non-hydrogen) atoms. The first-order valence-electron chi connectivity index (χ1n) is 7.69. The Hall–Kier alpha value is -2.67. The molecule has 5 heteroatoms. The Bertz CT molecular complexity index is 1050. The number of hydrogen-bond donors (Lipinski definition) is 1. The van der Waals surface area contributed by atoms with Gasteiger partial charge in [-0.2, -0.15) is 4.98 Å². The molecule has 3 aromatic carbocycles. The molecular weight excluding hydrogens is 427 g/mol. The molecular formula is C20H13IN2O2. The predicted molar refractivity (Wildman–Crippen MR) is 106 cm³/mol. The van der Waals surface area contributed by atoms with Crippen LogP contribution in [0.25, 0.3) is 22.3 Å². The molecule has 0 saturated heterocycles. The molecule has 0 bridgehead atoms. The molecule has 1 heterocycles. The van der Waals surface area contributed by atoms with Gasteiger partial charge in [0.15, 0.2) is 5.82 Å². The smallest absolute Gasteiger partial charge is 0.230 e. The lowest BCUT2D eigenvalue weighted by Crippen LogP contribution is -1.96. The summed E-state index contributed by atoms with van der Waals surface area (Å²) in [6.45, 7) is 0. The SMILES string of the molecule is Oc1ccccc1-c1nc(Oc2ccc(I)cc2)c2ccccc2n1. The van der Waals surface area contributed by atoms with E-state index < -0.39 is 0 Å². The summed E-state index contributed by atoms with van der Waals surface area (Å²) in [4.78, 5) is 9.12. The Morgan fingerprint density at radius 2 is 1.52 bits per heavy atom. The van der Waals surface area contributed by atoms with Crippen molar-refractivity contribution >= 4 is 33.5 Å². The Morgan fingerprint density at radius 3 is 2.32 bits per heavy atom. The van der Waals surface area contributed by atoms with E-state index in [1.54, 1.807) is 18.2 Å². The number of benzene rings is 3. The maximum atomic E-state index is 10.1. The second-order valence-electron chi connectivity index (χ2n) is 5.44. The first-order chi connectivity index (χ1) is 12.2. The fraction of sp³-hybridized carbons (Fsp3) is 0. The summed E-state index contributed by atoms with van der Waals surface area (Å²) in [5, 5.41) is 10.9. The molecule has 122 valence electrons. The molecule has 4 rings (SSSR count). The van der Waals surface area contributed by atoms with E-state index in [0.717, 1.165) is 14.5 Å². The van der Waals surface area contributed by atoms with Crippen LogP contribution in [0.15, 0.2) is 72.8 Å². The van der Waals surface area contributed by atoms with Crippen molar-refractivity contribution in [2.24, 2.45) is 0 Å². The van der Waals surface area contributed by atoms with Gasteiger partial charge in [-0.25, -0.2) is 4.98 Å². The third-order valence-electron chi connectivity index (χ3n) is 3.74. The zero-order valence-electron chi connectivity index (χ0n) is 13.1. The zero-order valence-corrected chi connectivity index (χ0v) is 15.2. The van der Waals surface area contributed by atoms with E-state index >= 15 is 0 Å². The predicted octanol–water partition coefficient (Wildman–Crippen LogP) is 5.40. The second-order valence-corrected chi connectivity index (χ2v) is 6.69. The van der Waals surface area contributed by atoms with Crippen molar-refractivity contribution in [3.8, 4) is 28.8 Å². The van der Waals surface area contributed by atoms with E-state index in [-0.39, 0.29) is 5.75 Å². The van der Waals surface area contributed by atoms with E-state index in [2.05, 4.69) is 32.6 Å². The molecule has 0 aliphatic rings. The highest BCUT2D eigenvalue weighted by molar-refractivity contribution is 14.1. The average molecular weight is 440 g/mol. The van der Waals surface area contributed by atoms with Gasteiger partial charge in [-0.15, -0.1) is 0 Å². The van der Waals surface area contributed by atoms with Crippen molar-refractivity contribution in [1.29, 1.82) is 0 Å². The lowest BCUT2D eigenvalue weighted by Gasteiger charge is -2.11. The van der Waals surface area contributed by atoms with Crippen molar-refractivity contribution < 1.29 is 9.84 Å². The van der Waals surface area contributed by atoms with Crippen molar-refractivity contribution in [3.63, 3.8) is 0 Å². The summed E-state index contributed by atoms with van der Waals surface area (Å²) >= 11 is 2.25. The first kappa shape index (κ1) is 15.8. The zero-order chi connectivity index (χ0) is 17.2. The monoisotopic (exact) mass is 440 g/mol. The van der Waals surface area contributed by atoms with Gasteiger partial charge >= 0.3 is 0 Å². The van der Waals surface area contributed by atoms with Crippen molar-refractivity contribution in [2.45, 2.75) is 0 Å². The molecule has 0 saturated carbocycles. The normalized spacial score (nSPS) is 10.8. The number of phenolic OH excluding ortho intramolecular Hbond substituents is 1. The fourth-order valence-electron chi connectivity index (χ4n) is 2.52. The fourth-order valence-corrected chi connectivity index (χ4v) is 2.88. The lowest BCUT2D eigenvalue weighted by molar-refractivity contribution is 0.467. The number of hydrogen-bond acceptors (Lipinski definition) is 4. The van der Waals surface area contributed by atoms with E-state index in [4.69, 9.17) is 4.74 Å². The number of phenols is 1. The third-order valence-corrected chi connectivity index (χ3v) is 4.46. The van der Waals surface area contributed by atoms with Gasteiger partial charge in [-0.3, -0.25) is 0 Å². The average Bonchev–Trinajstić information content (AvgIpc) is 2.64. The van der Waals surface area contributed by atoms with Crippen LogP contribution in [0.3, 0.4) is 0 Å². The maximum absolute atomic E-state index is 10.1. The standard InChI is InChI=1S/C20H13IN2O2/c21-13-9-11-14(12-10-13)25-20-15-5-1-3-7-17(15)22-19(23-20)16-6-2-4-8-18(16)24/h1-12,24H. The van der Waals surface area contributed by atoms with Gasteiger partial charge in [0, 0.05) is 3.57 Å². The van der Waals surface area contributed by atoms with Gasteiger partial charge in [-0.05, 0) is 71.1 Å². The number of aromatic hydroxyl groups is 1. The number of nitrogens with zero attached hydrogens (tertiary/aromatic N) is 2. The van der Waals surface area contributed by atoms with Crippen LogP contribution in [0.1, 0.15) is 0 Å². The largest absolute Gasteiger partial charge is 0.507 e. The minimum Gasteiger partial charge on any atom is -0.507 e. The summed E-state index contributed by atoms with van der Waals surface area (Å²) in [5.41, 5.74) is 1.33. The Morgan fingerprint density at radius 1 is 0.800 bits per heavy atom. The first-order valence-corrected chi connectivity index (χ1v) is 8.77. The summed E-state index contributed by atoms with van der Waals surface area (Å²) < 4.78 is 7.14. The summed E-state index contributed by atoms with van der Waals surface area (Å²) in [6, 6.07) is 22.4. The molecule has 0 aliphatic heterocycles. The highest BCUT2D eigenvalue weighted by Gasteiger charge is 2.13. The molecule has 0 spiro atoms. The van der Waals surface area contributed by atoms with Crippen LogP contribution in [0.2, 0.25) is 0 Å². The van der Waals surface area contributed by atoms with Crippen LogP contribution >= 0.6 is 22.6 Å². The molecule has 0 atom stereocenters.